The summed E-state index contributed by atoms with van der Waals surface area (Å²) in [5, 5.41) is 3.66. The Hall–Kier alpha value is -2.49. The minimum absolute atomic E-state index is 0.0404. The van der Waals surface area contributed by atoms with E-state index in [0.29, 0.717) is 5.69 Å². The van der Waals surface area contributed by atoms with E-state index in [-0.39, 0.29) is 29.6 Å². The van der Waals surface area contributed by atoms with Crippen molar-refractivity contribution < 1.29 is 17.9 Å². The summed E-state index contributed by atoms with van der Waals surface area (Å²) < 4.78 is 41.8. The smallest absolute Gasteiger partial charge is 0.261 e. The molecule has 2 N–H and O–H groups in total. The fourth-order valence-corrected chi connectivity index (χ4v) is 7.04. The standard InChI is InChI=1S/C25H20Br2N2O4S/c26-14-3-1-4-15(9-14)29-34(30,31)16-7-8-22-19(10-16)17-5-2-6-18(17)25(28-22)20-11-23-24(12-21(20)27)33-13-32-23/h1-5,7-12,17-18,25,28-29H,6,13H2/t17-,18+,25-/m0/s1. The molecule has 0 amide bonds. The monoisotopic (exact) mass is 602 g/mol. The zero-order chi connectivity index (χ0) is 23.4. The highest BCUT2D eigenvalue weighted by atomic mass is 79.9. The number of allylic oxidation sites excluding steroid dienone is 2. The van der Waals surface area contributed by atoms with Crippen molar-refractivity contribution >= 4 is 53.3 Å². The van der Waals surface area contributed by atoms with Crippen molar-refractivity contribution in [3.63, 3.8) is 0 Å². The Morgan fingerprint density at radius 3 is 2.62 bits per heavy atom. The quantitative estimate of drug-likeness (QED) is 0.330. The van der Waals surface area contributed by atoms with Gasteiger partial charge in [-0.2, -0.15) is 0 Å². The highest BCUT2D eigenvalue weighted by molar-refractivity contribution is 9.10. The molecule has 3 aromatic rings. The molecule has 0 bridgehead atoms. The number of sulfonamides is 1. The molecule has 0 saturated heterocycles. The van der Waals surface area contributed by atoms with Crippen LogP contribution >= 0.6 is 31.9 Å². The van der Waals surface area contributed by atoms with Gasteiger partial charge in [-0.15, -0.1) is 0 Å². The molecule has 0 fully saturated rings. The first-order valence-corrected chi connectivity index (χ1v) is 13.9. The van der Waals surface area contributed by atoms with Crippen LogP contribution in [0.5, 0.6) is 11.5 Å². The fourth-order valence-electron chi connectivity index (χ4n) is 4.98. The van der Waals surface area contributed by atoms with Crippen LogP contribution in [0.15, 0.2) is 80.6 Å². The van der Waals surface area contributed by atoms with Crippen molar-refractivity contribution in [3.05, 3.63) is 86.8 Å². The highest BCUT2D eigenvalue weighted by Crippen LogP contribution is 2.52. The molecule has 0 radical (unpaired) electrons. The molecule has 9 heteroatoms. The second-order valence-corrected chi connectivity index (χ2v) is 12.0. The van der Waals surface area contributed by atoms with Crippen LogP contribution in [0.3, 0.4) is 0 Å². The Bertz CT molecular complexity index is 1440. The lowest BCUT2D eigenvalue weighted by Gasteiger charge is -2.38. The van der Waals surface area contributed by atoms with Crippen LogP contribution in [0.2, 0.25) is 0 Å². The molecule has 3 aromatic carbocycles. The molecule has 6 rings (SSSR count). The lowest BCUT2D eigenvalue weighted by molar-refractivity contribution is 0.174. The summed E-state index contributed by atoms with van der Waals surface area (Å²) >= 11 is 7.09. The van der Waals surface area contributed by atoms with Gasteiger partial charge < -0.3 is 14.8 Å². The highest BCUT2D eigenvalue weighted by Gasteiger charge is 2.39. The number of halogens is 2. The van der Waals surface area contributed by atoms with E-state index < -0.39 is 10.0 Å². The topological polar surface area (TPSA) is 76.7 Å². The molecular weight excluding hydrogens is 584 g/mol. The molecule has 3 aliphatic rings. The first-order valence-electron chi connectivity index (χ1n) is 10.8. The molecule has 174 valence electrons. The predicted molar refractivity (Wildman–Crippen MR) is 138 cm³/mol. The minimum atomic E-state index is -3.73. The molecule has 0 spiro atoms. The summed E-state index contributed by atoms with van der Waals surface area (Å²) in [5.74, 6) is 1.84. The normalized spacial score (nSPS) is 22.1. The summed E-state index contributed by atoms with van der Waals surface area (Å²) in [4.78, 5) is 0.245. The van der Waals surface area contributed by atoms with E-state index in [0.717, 1.165) is 43.7 Å². The Kier molecular flexibility index (Phi) is 5.38. The first-order chi connectivity index (χ1) is 16.4. The van der Waals surface area contributed by atoms with E-state index in [1.54, 1.807) is 30.3 Å². The van der Waals surface area contributed by atoms with Gasteiger partial charge in [0.2, 0.25) is 6.79 Å². The van der Waals surface area contributed by atoms with E-state index in [2.05, 4.69) is 54.1 Å². The van der Waals surface area contributed by atoms with E-state index in [9.17, 15) is 8.42 Å². The van der Waals surface area contributed by atoms with Crippen molar-refractivity contribution in [2.45, 2.75) is 23.3 Å². The Morgan fingerprint density at radius 2 is 1.79 bits per heavy atom. The SMILES string of the molecule is O=S(=O)(Nc1cccc(Br)c1)c1ccc2c(c1)[C@H]1C=CC[C@H]1[C@@H](c1cc3c(cc1Br)OCO3)N2. The Labute approximate surface area is 214 Å². The number of rotatable bonds is 4. The maximum Gasteiger partial charge on any atom is 0.261 e. The summed E-state index contributed by atoms with van der Waals surface area (Å²) in [6.07, 6.45) is 5.27. The van der Waals surface area contributed by atoms with Crippen molar-refractivity contribution in [2.24, 2.45) is 5.92 Å². The van der Waals surface area contributed by atoms with Crippen molar-refractivity contribution in [1.29, 1.82) is 0 Å². The number of ether oxygens (including phenoxy) is 2. The number of hydrogen-bond donors (Lipinski definition) is 2. The second-order valence-electron chi connectivity index (χ2n) is 8.57. The third-order valence-corrected chi connectivity index (χ3v) is 9.11. The maximum atomic E-state index is 13.1. The van der Waals surface area contributed by atoms with Gasteiger partial charge in [-0.1, -0.05) is 50.1 Å². The van der Waals surface area contributed by atoms with Crippen LogP contribution in [0.4, 0.5) is 11.4 Å². The Morgan fingerprint density at radius 1 is 0.971 bits per heavy atom. The van der Waals surface area contributed by atoms with E-state index in [1.807, 2.05) is 24.3 Å². The molecular formula is C25H20Br2N2O4S. The van der Waals surface area contributed by atoms with Gasteiger partial charge in [0.05, 0.1) is 10.9 Å². The molecule has 0 saturated carbocycles. The lowest BCUT2D eigenvalue weighted by atomic mass is 9.77. The predicted octanol–water partition coefficient (Wildman–Crippen LogP) is 6.57. The van der Waals surface area contributed by atoms with E-state index in [1.165, 1.54) is 0 Å². The lowest BCUT2D eigenvalue weighted by Crippen LogP contribution is -2.29. The maximum absolute atomic E-state index is 13.1. The van der Waals surface area contributed by atoms with Gasteiger partial charge in [-0.25, -0.2) is 8.42 Å². The number of benzene rings is 3. The number of anilines is 2. The van der Waals surface area contributed by atoms with Gasteiger partial charge in [0.25, 0.3) is 10.0 Å². The third-order valence-electron chi connectivity index (χ3n) is 6.55. The third kappa shape index (κ3) is 3.79. The van der Waals surface area contributed by atoms with Crippen LogP contribution in [0, 0.1) is 5.92 Å². The van der Waals surface area contributed by atoms with E-state index in [4.69, 9.17) is 9.47 Å². The van der Waals surface area contributed by atoms with Crippen LogP contribution in [0.1, 0.15) is 29.5 Å². The van der Waals surface area contributed by atoms with Crippen molar-refractivity contribution in [3.8, 4) is 11.5 Å². The van der Waals surface area contributed by atoms with E-state index >= 15 is 0 Å². The van der Waals surface area contributed by atoms with Gasteiger partial charge in [0, 0.05) is 26.2 Å². The van der Waals surface area contributed by atoms with Gasteiger partial charge in [0.1, 0.15) is 0 Å². The van der Waals surface area contributed by atoms with Crippen LogP contribution in [0.25, 0.3) is 0 Å². The number of fused-ring (bicyclic) bond motifs is 4. The molecule has 0 unspecified atom stereocenters. The average Bonchev–Trinajstić information content (AvgIpc) is 3.47. The molecule has 2 heterocycles. The number of hydrogen-bond acceptors (Lipinski definition) is 5. The average molecular weight is 604 g/mol. The van der Waals surface area contributed by atoms with Crippen molar-refractivity contribution in [1.82, 2.24) is 0 Å². The summed E-state index contributed by atoms with van der Waals surface area (Å²) in [5.41, 5.74) is 3.53. The summed E-state index contributed by atoms with van der Waals surface area (Å²) in [6.45, 7) is 0.227. The molecule has 1 aliphatic carbocycles. The molecule has 0 aromatic heterocycles. The van der Waals surface area contributed by atoms with Crippen LogP contribution in [-0.2, 0) is 10.0 Å². The zero-order valence-corrected chi connectivity index (χ0v) is 21.8. The summed E-state index contributed by atoms with van der Waals surface area (Å²) in [7, 11) is -3.73. The number of nitrogens with one attached hydrogen (secondary N) is 2. The minimum Gasteiger partial charge on any atom is -0.454 e. The van der Waals surface area contributed by atoms with Crippen LogP contribution in [-0.4, -0.2) is 15.2 Å². The first kappa shape index (κ1) is 22.0. The Balaban J connectivity index is 1.35. The molecule has 2 aliphatic heterocycles. The van der Waals surface area contributed by atoms with Gasteiger partial charge in [-0.3, -0.25) is 4.72 Å². The van der Waals surface area contributed by atoms with Crippen molar-refractivity contribution in [2.75, 3.05) is 16.8 Å². The molecule has 6 nitrogen and oxygen atoms in total. The largest absolute Gasteiger partial charge is 0.454 e. The van der Waals surface area contributed by atoms with Gasteiger partial charge in [0.15, 0.2) is 11.5 Å². The molecule has 34 heavy (non-hydrogen) atoms. The van der Waals surface area contributed by atoms with Crippen LogP contribution < -0.4 is 19.5 Å². The zero-order valence-electron chi connectivity index (χ0n) is 17.8. The molecule has 3 atom stereocenters. The van der Waals surface area contributed by atoms with Gasteiger partial charge in [-0.05, 0) is 72.0 Å². The second kappa shape index (κ2) is 8.32. The summed E-state index contributed by atoms with van der Waals surface area (Å²) in [6, 6.07) is 16.4. The van der Waals surface area contributed by atoms with Gasteiger partial charge >= 0.3 is 0 Å². The fraction of sp³-hybridized carbons (Fsp3) is 0.200.